The fourth-order valence-electron chi connectivity index (χ4n) is 3.45. The second-order valence-electron chi connectivity index (χ2n) is 6.98. The molecule has 7 nitrogen and oxygen atoms in total. The van der Waals surface area contributed by atoms with Gasteiger partial charge in [-0.25, -0.2) is 0 Å². The molecule has 1 atom stereocenters. The monoisotopic (exact) mass is 446 g/mol. The van der Waals surface area contributed by atoms with Crippen LogP contribution in [0.3, 0.4) is 0 Å². The van der Waals surface area contributed by atoms with Crippen molar-refractivity contribution < 1.29 is 14.1 Å². The number of hydrogen-bond donors (Lipinski definition) is 1. The second kappa shape index (κ2) is 10.2. The molecule has 1 saturated heterocycles. The van der Waals surface area contributed by atoms with Crippen LogP contribution in [0.4, 0.5) is 0 Å². The van der Waals surface area contributed by atoms with E-state index in [1.807, 2.05) is 41.8 Å². The number of aromatic nitrogens is 2. The summed E-state index contributed by atoms with van der Waals surface area (Å²) in [6.07, 6.45) is 0.683. The van der Waals surface area contributed by atoms with E-state index in [1.54, 1.807) is 11.3 Å². The van der Waals surface area contributed by atoms with E-state index in [0.717, 1.165) is 23.5 Å². The number of nitrogens with zero attached hydrogens (tertiary/aromatic N) is 3. The molecule has 1 unspecified atom stereocenters. The number of rotatable bonds is 8. The fourth-order valence-corrected chi connectivity index (χ4v) is 4.36. The molecule has 1 aromatic carbocycles. The number of amides is 1. The molecule has 1 aliphatic heterocycles. The first-order chi connectivity index (χ1) is 14.7. The average Bonchev–Trinajstić information content (AvgIpc) is 3.46. The molecule has 30 heavy (non-hydrogen) atoms. The highest BCUT2D eigenvalue weighted by Crippen LogP contribution is 2.28. The van der Waals surface area contributed by atoms with E-state index in [2.05, 4.69) is 20.4 Å². The van der Waals surface area contributed by atoms with Gasteiger partial charge < -0.3 is 14.6 Å². The number of benzene rings is 1. The van der Waals surface area contributed by atoms with Gasteiger partial charge in [0.2, 0.25) is 17.6 Å². The summed E-state index contributed by atoms with van der Waals surface area (Å²) in [7, 11) is 0. The molecule has 1 amide bonds. The van der Waals surface area contributed by atoms with Crippen molar-refractivity contribution in [1.29, 1.82) is 0 Å². The Morgan fingerprint density at radius 1 is 1.23 bits per heavy atom. The number of carbonyl (C=O) groups is 1. The standard InChI is InChI=1S/C21H23ClN4O3S/c22-16-5-2-1-4-15(16)17(26-9-11-28-12-10-26)14-23-19(27)7-8-20-24-21(25-29-20)18-6-3-13-30-18/h1-6,13,17H,7-12,14H2,(H,23,27). The molecule has 1 fully saturated rings. The molecule has 0 bridgehead atoms. The van der Waals surface area contributed by atoms with Crippen LogP contribution < -0.4 is 5.32 Å². The summed E-state index contributed by atoms with van der Waals surface area (Å²) >= 11 is 7.99. The Kier molecular flexibility index (Phi) is 7.11. The molecule has 0 saturated carbocycles. The lowest BCUT2D eigenvalue weighted by Crippen LogP contribution is -2.44. The molecule has 1 N–H and O–H groups in total. The van der Waals surface area contributed by atoms with Crippen LogP contribution >= 0.6 is 22.9 Å². The minimum atomic E-state index is -0.0591. The molecular weight excluding hydrogens is 424 g/mol. The van der Waals surface area contributed by atoms with Crippen LogP contribution in [0.5, 0.6) is 0 Å². The number of hydrogen-bond acceptors (Lipinski definition) is 7. The molecule has 0 aliphatic carbocycles. The van der Waals surface area contributed by atoms with Crippen molar-refractivity contribution in [2.24, 2.45) is 0 Å². The minimum absolute atomic E-state index is 0.000357. The molecule has 3 heterocycles. The number of ether oxygens (including phenoxy) is 1. The van der Waals surface area contributed by atoms with Gasteiger partial charge >= 0.3 is 0 Å². The summed E-state index contributed by atoms with van der Waals surface area (Å²) in [4.78, 5) is 20.1. The predicted octanol–water partition coefficient (Wildman–Crippen LogP) is 3.57. The Bertz CT molecular complexity index is 957. The molecule has 4 rings (SSSR count). The maximum atomic E-state index is 12.5. The van der Waals surface area contributed by atoms with Crippen molar-refractivity contribution in [1.82, 2.24) is 20.4 Å². The first-order valence-corrected chi connectivity index (χ1v) is 11.2. The third-order valence-electron chi connectivity index (χ3n) is 5.02. The van der Waals surface area contributed by atoms with Gasteiger partial charge in [-0.15, -0.1) is 11.3 Å². The quantitative estimate of drug-likeness (QED) is 0.569. The molecular formula is C21H23ClN4O3S. The zero-order valence-corrected chi connectivity index (χ0v) is 18.0. The van der Waals surface area contributed by atoms with Gasteiger partial charge in [0, 0.05) is 37.5 Å². The first-order valence-electron chi connectivity index (χ1n) is 9.90. The first kappa shape index (κ1) is 21.0. The van der Waals surface area contributed by atoms with Gasteiger partial charge in [0.05, 0.1) is 24.1 Å². The molecule has 0 spiro atoms. The highest BCUT2D eigenvalue weighted by atomic mass is 35.5. The predicted molar refractivity (Wildman–Crippen MR) is 116 cm³/mol. The number of halogens is 1. The van der Waals surface area contributed by atoms with E-state index in [0.29, 0.717) is 42.9 Å². The van der Waals surface area contributed by atoms with E-state index >= 15 is 0 Å². The average molecular weight is 447 g/mol. The van der Waals surface area contributed by atoms with Gasteiger partial charge in [0.15, 0.2) is 0 Å². The van der Waals surface area contributed by atoms with Crippen LogP contribution in [-0.4, -0.2) is 53.8 Å². The largest absolute Gasteiger partial charge is 0.379 e. The van der Waals surface area contributed by atoms with Crippen molar-refractivity contribution in [2.75, 3.05) is 32.8 Å². The second-order valence-corrected chi connectivity index (χ2v) is 8.33. The Morgan fingerprint density at radius 2 is 2.07 bits per heavy atom. The van der Waals surface area contributed by atoms with Gasteiger partial charge in [-0.1, -0.05) is 41.0 Å². The number of carbonyl (C=O) groups excluding carboxylic acids is 1. The van der Waals surface area contributed by atoms with Gasteiger partial charge in [-0.2, -0.15) is 4.98 Å². The Labute approximate surface area is 184 Å². The summed E-state index contributed by atoms with van der Waals surface area (Å²) in [6, 6.07) is 11.7. The smallest absolute Gasteiger partial charge is 0.227 e. The fraction of sp³-hybridized carbons (Fsp3) is 0.381. The van der Waals surface area contributed by atoms with E-state index < -0.39 is 0 Å². The van der Waals surface area contributed by atoms with Crippen LogP contribution in [0, 0.1) is 0 Å². The normalized spacial score (nSPS) is 15.8. The van der Waals surface area contributed by atoms with Gasteiger partial charge in [-0.05, 0) is 23.1 Å². The molecule has 1 aliphatic rings. The zero-order chi connectivity index (χ0) is 20.8. The van der Waals surface area contributed by atoms with Gasteiger partial charge in [0.1, 0.15) is 0 Å². The Hall–Kier alpha value is -2.26. The van der Waals surface area contributed by atoms with E-state index in [1.165, 1.54) is 0 Å². The molecule has 3 aromatic rings. The lowest BCUT2D eigenvalue weighted by molar-refractivity contribution is -0.121. The van der Waals surface area contributed by atoms with E-state index in [4.69, 9.17) is 20.9 Å². The van der Waals surface area contributed by atoms with Crippen molar-refractivity contribution in [2.45, 2.75) is 18.9 Å². The number of morpholine rings is 1. The highest BCUT2D eigenvalue weighted by molar-refractivity contribution is 7.13. The summed E-state index contributed by atoms with van der Waals surface area (Å²) in [5, 5.41) is 9.69. The number of aryl methyl sites for hydroxylation is 1. The zero-order valence-electron chi connectivity index (χ0n) is 16.4. The van der Waals surface area contributed by atoms with Crippen LogP contribution in [0.25, 0.3) is 10.7 Å². The minimum Gasteiger partial charge on any atom is -0.379 e. The van der Waals surface area contributed by atoms with Crippen molar-refractivity contribution in [3.8, 4) is 10.7 Å². The summed E-state index contributed by atoms with van der Waals surface area (Å²) in [5.74, 6) is 0.965. The maximum Gasteiger partial charge on any atom is 0.227 e. The lowest BCUT2D eigenvalue weighted by atomic mass is 10.0. The third-order valence-corrected chi connectivity index (χ3v) is 6.23. The number of nitrogens with one attached hydrogen (secondary N) is 1. The van der Waals surface area contributed by atoms with Crippen LogP contribution in [0.1, 0.15) is 23.9 Å². The van der Waals surface area contributed by atoms with Crippen molar-refractivity contribution in [3.63, 3.8) is 0 Å². The van der Waals surface area contributed by atoms with Gasteiger partial charge in [-0.3, -0.25) is 9.69 Å². The lowest BCUT2D eigenvalue weighted by Gasteiger charge is -2.35. The molecule has 158 valence electrons. The SMILES string of the molecule is O=C(CCc1nc(-c2cccs2)no1)NCC(c1ccccc1Cl)N1CCOCC1. The van der Waals surface area contributed by atoms with E-state index in [9.17, 15) is 4.79 Å². The molecule has 9 heteroatoms. The van der Waals surface area contributed by atoms with Crippen molar-refractivity contribution >= 4 is 28.8 Å². The topological polar surface area (TPSA) is 80.5 Å². The highest BCUT2D eigenvalue weighted by Gasteiger charge is 2.25. The van der Waals surface area contributed by atoms with Crippen LogP contribution in [0.2, 0.25) is 5.02 Å². The van der Waals surface area contributed by atoms with Crippen LogP contribution in [0.15, 0.2) is 46.3 Å². The maximum absolute atomic E-state index is 12.5. The molecule has 2 aromatic heterocycles. The van der Waals surface area contributed by atoms with Crippen molar-refractivity contribution in [3.05, 3.63) is 58.3 Å². The van der Waals surface area contributed by atoms with E-state index in [-0.39, 0.29) is 18.4 Å². The summed E-state index contributed by atoms with van der Waals surface area (Å²) < 4.78 is 10.7. The Balaban J connectivity index is 1.34. The van der Waals surface area contributed by atoms with Gasteiger partial charge in [0.25, 0.3) is 0 Å². The Morgan fingerprint density at radius 3 is 2.83 bits per heavy atom. The summed E-state index contributed by atoms with van der Waals surface area (Å²) in [6.45, 7) is 3.45. The molecule has 0 radical (unpaired) electrons. The number of thiophene rings is 1. The van der Waals surface area contributed by atoms with Crippen LogP contribution in [-0.2, 0) is 16.0 Å². The third kappa shape index (κ3) is 5.26. The summed E-state index contributed by atoms with van der Waals surface area (Å²) in [5.41, 5.74) is 1.01.